The van der Waals surface area contributed by atoms with E-state index in [0.29, 0.717) is 5.48 Å². The number of fused-ring (bicyclic) bond motifs is 2. The van der Waals surface area contributed by atoms with Crippen LogP contribution < -0.4 is 0 Å². The van der Waals surface area contributed by atoms with Crippen LogP contribution in [-0.4, -0.2) is 30.9 Å². The van der Waals surface area contributed by atoms with Gasteiger partial charge in [-0.15, -0.1) is 0 Å². The molecule has 3 heterocycles. The standard InChI is InChI=1S/C9H6N4O2/c14-9(15)13-3-1-2-6-5(4-10-12-6)7-8(13)11-7/h1-4,11H,(H,14,15). The molecule has 0 radical (unpaired) electrons. The van der Waals surface area contributed by atoms with Gasteiger partial charge in [-0.25, -0.2) is 9.36 Å². The maximum absolute atomic E-state index is 10.9. The van der Waals surface area contributed by atoms with Crippen LogP contribution in [0.15, 0.2) is 24.5 Å². The van der Waals surface area contributed by atoms with E-state index in [1.807, 2.05) is 0 Å². The molecule has 0 bridgehead atoms. The zero-order valence-corrected chi connectivity index (χ0v) is 7.51. The van der Waals surface area contributed by atoms with E-state index in [4.69, 9.17) is 5.11 Å². The van der Waals surface area contributed by atoms with E-state index < -0.39 is 6.09 Å². The third kappa shape index (κ3) is 1.08. The quantitative estimate of drug-likeness (QED) is 0.568. The summed E-state index contributed by atoms with van der Waals surface area (Å²) in [4.78, 5) is 13.8. The van der Waals surface area contributed by atoms with E-state index in [1.165, 1.54) is 6.20 Å². The molecular formula is C9H6N4O2. The Bertz CT molecular complexity index is 668. The first-order valence-corrected chi connectivity index (χ1v) is 4.31. The number of nitrogens with one attached hydrogen (secondary N) is 1. The molecule has 0 spiro atoms. The van der Waals surface area contributed by atoms with Gasteiger partial charge in [0.2, 0.25) is 0 Å². The van der Waals surface area contributed by atoms with Crippen LogP contribution >= 0.6 is 0 Å². The zero-order valence-electron chi connectivity index (χ0n) is 7.51. The van der Waals surface area contributed by atoms with Gasteiger partial charge in [0.1, 0.15) is 5.48 Å². The molecule has 3 aliphatic rings. The molecule has 3 aliphatic heterocycles. The molecule has 0 unspecified atom stereocenters. The van der Waals surface area contributed by atoms with Gasteiger partial charge in [-0.3, -0.25) is 0 Å². The Morgan fingerprint density at radius 2 is 2.40 bits per heavy atom. The Balaban J connectivity index is 2.44. The molecule has 0 aliphatic carbocycles. The number of hydrogen-bond donors (Lipinski definition) is 2. The highest BCUT2D eigenvalue weighted by Gasteiger charge is 2.13. The van der Waals surface area contributed by atoms with E-state index in [9.17, 15) is 4.79 Å². The van der Waals surface area contributed by atoms with Crippen molar-refractivity contribution in [1.82, 2.24) is 19.7 Å². The van der Waals surface area contributed by atoms with Crippen LogP contribution in [0, 0.1) is 10.8 Å². The topological polar surface area (TPSA) is 83.8 Å². The van der Waals surface area contributed by atoms with Crippen LogP contribution in [0.25, 0.3) is 11.3 Å². The Kier molecular flexibility index (Phi) is 1.37. The minimum Gasteiger partial charge on any atom is -0.464 e. The van der Waals surface area contributed by atoms with Crippen LogP contribution in [-0.2, 0) is 0 Å². The molecule has 0 aromatic rings. The van der Waals surface area contributed by atoms with Gasteiger partial charge in [0, 0.05) is 11.8 Å². The first-order valence-electron chi connectivity index (χ1n) is 4.31. The van der Waals surface area contributed by atoms with Gasteiger partial charge in [-0.05, 0) is 12.1 Å². The molecule has 0 fully saturated rings. The minimum atomic E-state index is -1.02. The summed E-state index contributed by atoms with van der Waals surface area (Å²) in [5.74, 6) is 0. The van der Waals surface area contributed by atoms with Crippen LogP contribution in [0.2, 0.25) is 0 Å². The van der Waals surface area contributed by atoms with E-state index in [2.05, 4.69) is 15.2 Å². The van der Waals surface area contributed by atoms with Crippen molar-refractivity contribution < 1.29 is 9.90 Å². The van der Waals surface area contributed by atoms with Crippen LogP contribution in [0.4, 0.5) is 4.79 Å². The van der Waals surface area contributed by atoms with E-state index in [-0.39, 0.29) is 0 Å². The number of H-pyrrole nitrogens is 1. The average molecular weight is 202 g/mol. The molecule has 3 rings (SSSR count). The normalized spacial score (nSPS) is 11.2. The van der Waals surface area contributed by atoms with Crippen molar-refractivity contribution in [2.24, 2.45) is 0 Å². The van der Waals surface area contributed by atoms with Crippen molar-refractivity contribution in [2.45, 2.75) is 0 Å². The molecular weight excluding hydrogens is 196 g/mol. The van der Waals surface area contributed by atoms with Gasteiger partial charge < -0.3 is 10.1 Å². The molecule has 6 heteroatoms. The summed E-state index contributed by atoms with van der Waals surface area (Å²) < 4.78 is 1.13. The second-order valence-corrected chi connectivity index (χ2v) is 3.15. The number of nitrogens with zero attached hydrogens (tertiary/aromatic N) is 3. The molecule has 15 heavy (non-hydrogen) atoms. The fourth-order valence-corrected chi connectivity index (χ4v) is 1.50. The Morgan fingerprint density at radius 1 is 1.53 bits per heavy atom. The summed E-state index contributed by atoms with van der Waals surface area (Å²) in [6.45, 7) is 0. The van der Waals surface area contributed by atoms with Gasteiger partial charge in [0.05, 0.1) is 17.2 Å². The maximum atomic E-state index is 10.9. The lowest BCUT2D eigenvalue weighted by Gasteiger charge is -1.92. The molecule has 2 N–H and O–H groups in total. The van der Waals surface area contributed by atoms with Gasteiger partial charge >= 0.3 is 6.09 Å². The largest absolute Gasteiger partial charge is 0.464 e. The third-order valence-corrected chi connectivity index (χ3v) is 2.25. The predicted octanol–water partition coefficient (Wildman–Crippen LogP) is 0.962. The second-order valence-electron chi connectivity index (χ2n) is 3.15. The Morgan fingerprint density at radius 3 is 3.20 bits per heavy atom. The Hall–Kier alpha value is -2.37. The third-order valence-electron chi connectivity index (χ3n) is 2.25. The van der Waals surface area contributed by atoms with Crippen molar-refractivity contribution in [3.05, 3.63) is 35.4 Å². The molecule has 74 valence electrons. The van der Waals surface area contributed by atoms with Crippen molar-refractivity contribution in [3.63, 3.8) is 0 Å². The maximum Gasteiger partial charge on any atom is 0.417 e. The summed E-state index contributed by atoms with van der Waals surface area (Å²) >= 11 is 0. The predicted molar refractivity (Wildman–Crippen MR) is 49.7 cm³/mol. The summed E-state index contributed by atoms with van der Waals surface area (Å²) in [6.07, 6.45) is 2.06. The number of aromatic nitrogens is 4. The highest BCUT2D eigenvalue weighted by molar-refractivity contribution is 5.69. The smallest absolute Gasteiger partial charge is 0.417 e. The first-order chi connectivity index (χ1) is 7.27. The minimum absolute atomic E-state index is 0.572. The number of hydrogen-bond acceptors (Lipinski definition) is 3. The zero-order chi connectivity index (χ0) is 10.4. The molecule has 0 amide bonds. The summed E-state index contributed by atoms with van der Waals surface area (Å²) in [7, 11) is 0. The van der Waals surface area contributed by atoms with Gasteiger partial charge in [0.25, 0.3) is 0 Å². The number of rotatable bonds is 0. The molecule has 0 aromatic heterocycles. The lowest BCUT2D eigenvalue weighted by atomic mass is 10.2. The number of aromatic amines is 1. The molecule has 0 saturated heterocycles. The lowest BCUT2D eigenvalue weighted by Crippen LogP contribution is -2.06. The monoisotopic (exact) mass is 202 g/mol. The lowest BCUT2D eigenvalue weighted by molar-refractivity contribution is 0.195. The van der Waals surface area contributed by atoms with Crippen LogP contribution in [0.5, 0.6) is 0 Å². The SMILES string of the molecule is O=C(O)n1cccc2nncc-2c2[nH]c1=2. The van der Waals surface area contributed by atoms with Crippen molar-refractivity contribution in [1.29, 1.82) is 0 Å². The number of carboxylic acid groups (broad SMARTS) is 1. The van der Waals surface area contributed by atoms with Crippen molar-refractivity contribution in [3.8, 4) is 11.3 Å². The second kappa shape index (κ2) is 2.57. The van der Waals surface area contributed by atoms with Gasteiger partial charge in [0.15, 0.2) is 0 Å². The van der Waals surface area contributed by atoms with Crippen LogP contribution in [0.3, 0.4) is 0 Å². The summed E-state index contributed by atoms with van der Waals surface area (Å²) in [5, 5.41) is 17.4. The highest BCUT2D eigenvalue weighted by atomic mass is 16.4. The van der Waals surface area contributed by atoms with E-state index in [0.717, 1.165) is 21.2 Å². The van der Waals surface area contributed by atoms with Crippen LogP contribution in [0.1, 0.15) is 0 Å². The van der Waals surface area contributed by atoms with Crippen molar-refractivity contribution in [2.75, 3.05) is 0 Å². The Labute approximate surface area is 83.2 Å². The van der Waals surface area contributed by atoms with Crippen molar-refractivity contribution >= 4 is 6.09 Å². The van der Waals surface area contributed by atoms with E-state index in [1.54, 1.807) is 18.3 Å². The molecule has 6 nitrogen and oxygen atoms in total. The average Bonchev–Trinajstić information content (AvgIpc) is 2.79. The molecule has 0 saturated carbocycles. The molecule has 0 aromatic carbocycles. The first kappa shape index (κ1) is 7.98. The fraction of sp³-hybridized carbons (Fsp3) is 0. The van der Waals surface area contributed by atoms with E-state index >= 15 is 0 Å². The fourth-order valence-electron chi connectivity index (χ4n) is 1.50. The summed E-state index contributed by atoms with van der Waals surface area (Å²) in [6, 6.07) is 3.35. The van der Waals surface area contributed by atoms with Gasteiger partial charge in [-0.2, -0.15) is 10.2 Å². The highest BCUT2D eigenvalue weighted by Crippen LogP contribution is 2.19. The molecule has 0 atom stereocenters. The number of carbonyl (C=O) groups is 1. The summed E-state index contributed by atoms with van der Waals surface area (Å²) in [5.41, 5.74) is 2.15. The van der Waals surface area contributed by atoms with Gasteiger partial charge in [-0.1, -0.05) is 0 Å².